The first-order chi connectivity index (χ1) is 12.8. The molecule has 3 atom stereocenters. The molecule has 6 heteroatoms. The van der Waals surface area contributed by atoms with Gasteiger partial charge in [0.05, 0.1) is 6.42 Å². The van der Waals surface area contributed by atoms with Gasteiger partial charge >= 0.3 is 5.97 Å². The number of aliphatic carboxylic acids is 1. The van der Waals surface area contributed by atoms with Crippen LogP contribution in [0.5, 0.6) is 0 Å². The van der Waals surface area contributed by atoms with Crippen molar-refractivity contribution >= 4 is 17.8 Å². The van der Waals surface area contributed by atoms with Crippen molar-refractivity contribution in [1.29, 1.82) is 0 Å². The zero-order valence-corrected chi connectivity index (χ0v) is 16.9. The minimum absolute atomic E-state index is 0.0179. The standard InChI is InChI=1S/C21H34N2O4/c1-14(2)18-11-16(12-20(25)23-8-4-5-9-23)15(3)10-17(18)13-22-19(24)6-7-21(26)27/h10,14,16-18H,4-9,11-13H2,1-3H3,(H,22,24)(H,26,27). The Morgan fingerprint density at radius 1 is 1.22 bits per heavy atom. The zero-order valence-electron chi connectivity index (χ0n) is 16.9. The number of allylic oxidation sites excluding steroid dienone is 1. The molecular formula is C21H34N2O4. The number of carboxylic acid groups (broad SMARTS) is 1. The normalized spacial score (nSPS) is 25.4. The van der Waals surface area contributed by atoms with E-state index in [0.717, 1.165) is 32.4 Å². The first-order valence-corrected chi connectivity index (χ1v) is 10.2. The second kappa shape index (κ2) is 9.90. The van der Waals surface area contributed by atoms with Gasteiger partial charge in [-0.25, -0.2) is 0 Å². The van der Waals surface area contributed by atoms with Crippen molar-refractivity contribution in [2.24, 2.45) is 23.7 Å². The second-order valence-corrected chi connectivity index (χ2v) is 8.40. The van der Waals surface area contributed by atoms with Crippen LogP contribution in [0.2, 0.25) is 0 Å². The van der Waals surface area contributed by atoms with Crippen LogP contribution in [0.4, 0.5) is 0 Å². The highest BCUT2D eigenvalue weighted by atomic mass is 16.4. The molecule has 0 spiro atoms. The Labute approximate surface area is 162 Å². The van der Waals surface area contributed by atoms with Crippen LogP contribution in [-0.2, 0) is 14.4 Å². The van der Waals surface area contributed by atoms with Gasteiger partial charge in [-0.1, -0.05) is 25.5 Å². The Bertz CT molecular complexity index is 579. The van der Waals surface area contributed by atoms with Crippen molar-refractivity contribution in [3.05, 3.63) is 11.6 Å². The number of carbonyl (C=O) groups excluding carboxylic acids is 2. The van der Waals surface area contributed by atoms with Gasteiger partial charge in [-0.15, -0.1) is 0 Å². The van der Waals surface area contributed by atoms with Crippen LogP contribution in [0, 0.1) is 23.7 Å². The van der Waals surface area contributed by atoms with Crippen LogP contribution in [0.1, 0.15) is 59.3 Å². The fourth-order valence-electron chi connectivity index (χ4n) is 4.35. The summed E-state index contributed by atoms with van der Waals surface area (Å²) in [6, 6.07) is 0. The molecule has 1 saturated heterocycles. The number of carbonyl (C=O) groups is 3. The lowest BCUT2D eigenvalue weighted by Gasteiger charge is -2.37. The van der Waals surface area contributed by atoms with Gasteiger partial charge in [-0.2, -0.15) is 0 Å². The van der Waals surface area contributed by atoms with Crippen molar-refractivity contribution in [3.63, 3.8) is 0 Å². The largest absolute Gasteiger partial charge is 0.481 e. The maximum Gasteiger partial charge on any atom is 0.303 e. The number of hydrogen-bond acceptors (Lipinski definition) is 3. The number of likely N-dealkylation sites (tertiary alicyclic amines) is 1. The van der Waals surface area contributed by atoms with E-state index in [0.29, 0.717) is 24.8 Å². The summed E-state index contributed by atoms with van der Waals surface area (Å²) in [5.74, 6) is 0.487. The van der Waals surface area contributed by atoms with Gasteiger partial charge in [-0.3, -0.25) is 14.4 Å². The summed E-state index contributed by atoms with van der Waals surface area (Å²) in [6.07, 6.45) is 5.89. The Kier molecular flexibility index (Phi) is 7.87. The smallest absolute Gasteiger partial charge is 0.303 e. The molecule has 1 aliphatic carbocycles. The van der Waals surface area contributed by atoms with E-state index in [2.05, 4.69) is 32.2 Å². The van der Waals surface area contributed by atoms with Gasteiger partial charge in [-0.05, 0) is 49.9 Å². The number of carboxylic acids is 1. The van der Waals surface area contributed by atoms with Gasteiger partial charge in [0.2, 0.25) is 11.8 Å². The molecule has 0 radical (unpaired) electrons. The second-order valence-electron chi connectivity index (χ2n) is 8.40. The van der Waals surface area contributed by atoms with Crippen molar-refractivity contribution in [1.82, 2.24) is 10.2 Å². The summed E-state index contributed by atoms with van der Waals surface area (Å²) >= 11 is 0. The molecule has 27 heavy (non-hydrogen) atoms. The predicted octanol–water partition coefficient (Wildman–Crippen LogP) is 2.83. The molecule has 1 heterocycles. The Hall–Kier alpha value is -1.85. The predicted molar refractivity (Wildman–Crippen MR) is 104 cm³/mol. The molecule has 0 saturated carbocycles. The van der Waals surface area contributed by atoms with Crippen LogP contribution in [0.15, 0.2) is 11.6 Å². The molecule has 6 nitrogen and oxygen atoms in total. The quantitative estimate of drug-likeness (QED) is 0.636. The van der Waals surface area contributed by atoms with Crippen molar-refractivity contribution in [2.75, 3.05) is 19.6 Å². The summed E-state index contributed by atoms with van der Waals surface area (Å²) in [5.41, 5.74) is 1.24. The lowest BCUT2D eigenvalue weighted by Crippen LogP contribution is -2.38. The lowest BCUT2D eigenvalue weighted by atomic mass is 9.69. The van der Waals surface area contributed by atoms with Gasteiger partial charge in [0, 0.05) is 32.5 Å². The third-order valence-electron chi connectivity index (χ3n) is 6.06. The molecule has 3 unspecified atom stereocenters. The summed E-state index contributed by atoms with van der Waals surface area (Å²) in [4.78, 5) is 37.0. The Balaban J connectivity index is 1.95. The highest BCUT2D eigenvalue weighted by Crippen LogP contribution is 2.39. The van der Waals surface area contributed by atoms with E-state index < -0.39 is 5.97 Å². The minimum atomic E-state index is -0.955. The molecule has 2 amide bonds. The zero-order chi connectivity index (χ0) is 20.0. The minimum Gasteiger partial charge on any atom is -0.481 e. The van der Waals surface area contributed by atoms with Gasteiger partial charge in [0.15, 0.2) is 0 Å². The van der Waals surface area contributed by atoms with Gasteiger partial charge < -0.3 is 15.3 Å². The molecule has 2 rings (SSSR count). The molecule has 2 N–H and O–H groups in total. The average molecular weight is 379 g/mol. The number of rotatable bonds is 8. The highest BCUT2D eigenvalue weighted by molar-refractivity contribution is 5.80. The fourth-order valence-corrected chi connectivity index (χ4v) is 4.35. The van der Waals surface area contributed by atoms with E-state index in [-0.39, 0.29) is 36.5 Å². The van der Waals surface area contributed by atoms with E-state index in [9.17, 15) is 14.4 Å². The number of hydrogen-bond donors (Lipinski definition) is 2. The van der Waals surface area contributed by atoms with Crippen LogP contribution in [-0.4, -0.2) is 47.4 Å². The molecule has 152 valence electrons. The Morgan fingerprint density at radius 3 is 2.48 bits per heavy atom. The number of nitrogens with one attached hydrogen (secondary N) is 1. The molecule has 0 aromatic carbocycles. The molecular weight excluding hydrogens is 344 g/mol. The number of amides is 2. The lowest BCUT2D eigenvalue weighted by molar-refractivity contribution is -0.138. The number of nitrogens with zero attached hydrogens (tertiary/aromatic N) is 1. The topological polar surface area (TPSA) is 86.7 Å². The van der Waals surface area contributed by atoms with Crippen LogP contribution < -0.4 is 5.32 Å². The molecule has 1 aliphatic heterocycles. The highest BCUT2D eigenvalue weighted by Gasteiger charge is 2.33. The van der Waals surface area contributed by atoms with Gasteiger partial charge in [0.25, 0.3) is 0 Å². The van der Waals surface area contributed by atoms with Crippen molar-refractivity contribution in [2.45, 2.75) is 59.3 Å². The van der Waals surface area contributed by atoms with E-state index in [1.54, 1.807) is 0 Å². The SMILES string of the molecule is CC1=CC(CNC(=O)CCC(=O)O)C(C(C)C)CC1CC(=O)N1CCCC1. The molecule has 0 bridgehead atoms. The van der Waals surface area contributed by atoms with Crippen LogP contribution in [0.3, 0.4) is 0 Å². The van der Waals surface area contributed by atoms with Crippen LogP contribution >= 0.6 is 0 Å². The summed E-state index contributed by atoms with van der Waals surface area (Å²) < 4.78 is 0. The third kappa shape index (κ3) is 6.36. The molecule has 2 aliphatic rings. The Morgan fingerprint density at radius 2 is 1.89 bits per heavy atom. The van der Waals surface area contributed by atoms with E-state index in [4.69, 9.17) is 5.11 Å². The van der Waals surface area contributed by atoms with Crippen LogP contribution in [0.25, 0.3) is 0 Å². The molecule has 0 aromatic rings. The maximum atomic E-state index is 12.6. The summed E-state index contributed by atoms with van der Waals surface area (Å²) in [6.45, 7) is 8.80. The van der Waals surface area contributed by atoms with E-state index >= 15 is 0 Å². The van der Waals surface area contributed by atoms with Crippen molar-refractivity contribution < 1.29 is 19.5 Å². The third-order valence-corrected chi connectivity index (χ3v) is 6.06. The van der Waals surface area contributed by atoms with Crippen molar-refractivity contribution in [3.8, 4) is 0 Å². The van der Waals surface area contributed by atoms with E-state index in [1.807, 2.05) is 4.90 Å². The average Bonchev–Trinajstić information content (AvgIpc) is 3.14. The molecule has 0 aromatic heterocycles. The first kappa shape index (κ1) is 21.5. The molecule has 1 fully saturated rings. The summed E-state index contributed by atoms with van der Waals surface area (Å²) in [7, 11) is 0. The fraction of sp³-hybridized carbons (Fsp3) is 0.762. The monoisotopic (exact) mass is 378 g/mol. The van der Waals surface area contributed by atoms with E-state index in [1.165, 1.54) is 5.57 Å². The summed E-state index contributed by atoms with van der Waals surface area (Å²) in [5, 5.41) is 11.6. The maximum absolute atomic E-state index is 12.6. The van der Waals surface area contributed by atoms with Gasteiger partial charge in [0.1, 0.15) is 0 Å². The first-order valence-electron chi connectivity index (χ1n) is 10.2.